The van der Waals surface area contributed by atoms with Crippen LogP contribution in [0, 0.1) is 43.4 Å². The predicted molar refractivity (Wildman–Crippen MR) is 292 cm³/mol. The molecule has 2 aliphatic heterocycles. The highest BCUT2D eigenvalue weighted by molar-refractivity contribution is 6.01. The standard InChI is InChI=1S/C57H68N6O10.C2H6/c1-10-37-33(3)43-28-48-41-20-17-40(53(67)68)52(54(69)71-9)57(41,8)49(62-48)30-44-35(5)38(46(61-44)29-47-39(19-22-51(65)66)34(4)42(60-47)27-45(37)59-43)18-21-50(64)63-56(6,7)23-25-72-26-24-58-55(70)73-31-36-16-14-12-11-13-15-32(36)2;1-2/h10,17,20,27-30,32,36,52,59,61H,1,13-16,18-19,21-26,31H2,2-9H3,(H,58,70)(H,63,64)(H,65,66)(H,67,68);1-2H3. The number of aromatic nitrogens is 4. The van der Waals surface area contributed by atoms with Crippen molar-refractivity contribution >= 4 is 74.8 Å². The van der Waals surface area contributed by atoms with Gasteiger partial charge in [-0.15, -0.1) is 11.8 Å². The Morgan fingerprint density at radius 1 is 0.880 bits per heavy atom. The number of esters is 1. The number of nitrogens with one attached hydrogen (secondary N) is 4. The topological polar surface area (TPSA) is 235 Å². The van der Waals surface area contributed by atoms with Crippen molar-refractivity contribution in [1.82, 2.24) is 30.6 Å². The third-order valence-electron chi connectivity index (χ3n) is 14.9. The molecule has 5 heterocycles. The van der Waals surface area contributed by atoms with Gasteiger partial charge in [0.1, 0.15) is 5.92 Å². The van der Waals surface area contributed by atoms with Gasteiger partial charge in [0.05, 0.1) is 54.1 Å². The Labute approximate surface area is 439 Å². The molecule has 16 nitrogen and oxygen atoms in total. The molecule has 4 atom stereocenters. The van der Waals surface area contributed by atoms with Crippen molar-refractivity contribution in [2.45, 2.75) is 131 Å². The van der Waals surface area contributed by atoms with E-state index in [4.69, 9.17) is 24.2 Å². The number of allylic oxidation sites excluding steroid dienone is 5. The van der Waals surface area contributed by atoms with E-state index < -0.39 is 40.9 Å². The van der Waals surface area contributed by atoms with E-state index in [1.807, 2.05) is 72.7 Å². The highest BCUT2D eigenvalue weighted by atomic mass is 16.5. The molecule has 3 aromatic rings. The van der Waals surface area contributed by atoms with Gasteiger partial charge in [0.25, 0.3) is 0 Å². The number of aromatic amines is 2. The molecule has 7 rings (SSSR count). The summed E-state index contributed by atoms with van der Waals surface area (Å²) in [5, 5.41) is 26.1. The lowest BCUT2D eigenvalue weighted by molar-refractivity contribution is -0.148. The summed E-state index contributed by atoms with van der Waals surface area (Å²) in [7, 11) is 1.23. The van der Waals surface area contributed by atoms with Crippen LogP contribution in [0.5, 0.6) is 0 Å². The normalized spacial score (nSPS) is 19.0. The number of amides is 2. The second-order valence-electron chi connectivity index (χ2n) is 20.2. The van der Waals surface area contributed by atoms with Gasteiger partial charge in [-0.2, -0.15) is 0 Å². The predicted octanol–water partition coefficient (Wildman–Crippen LogP) is 10.3. The summed E-state index contributed by atoms with van der Waals surface area (Å²) in [6.45, 7) is 23.0. The maximum Gasteiger partial charge on any atom is 0.407 e. The maximum atomic E-state index is 13.8. The average molecular weight is 1030 g/mol. The summed E-state index contributed by atoms with van der Waals surface area (Å²) >= 11 is 0. The van der Waals surface area contributed by atoms with Crippen molar-refractivity contribution in [2.24, 2.45) is 17.8 Å². The molecule has 0 radical (unpaired) electrons. The minimum atomic E-state index is -1.29. The van der Waals surface area contributed by atoms with E-state index >= 15 is 0 Å². The highest BCUT2D eigenvalue weighted by Gasteiger charge is 2.53. The highest BCUT2D eigenvalue weighted by Crippen LogP contribution is 2.52. The number of fused-ring (bicyclic) bond motifs is 11. The molecule has 2 amide bonds. The summed E-state index contributed by atoms with van der Waals surface area (Å²) in [5.74, 6) is 2.69. The number of carboxylic acid groups (broad SMARTS) is 2. The fourth-order valence-electron chi connectivity index (χ4n) is 10.4. The number of ether oxygens (including phenoxy) is 3. The first-order chi connectivity index (χ1) is 35.8. The molecule has 400 valence electrons. The molecule has 6 N–H and O–H groups in total. The zero-order valence-electron chi connectivity index (χ0n) is 45.2. The van der Waals surface area contributed by atoms with Gasteiger partial charge in [0.2, 0.25) is 5.91 Å². The molecule has 4 unspecified atom stereocenters. The first-order valence-electron chi connectivity index (χ1n) is 26.0. The van der Waals surface area contributed by atoms with E-state index in [0.717, 1.165) is 59.1 Å². The second kappa shape index (κ2) is 24.9. The van der Waals surface area contributed by atoms with Crippen LogP contribution in [0.3, 0.4) is 0 Å². The Bertz CT molecular complexity index is 3050. The van der Waals surface area contributed by atoms with Gasteiger partial charge < -0.3 is 45.0 Å². The number of alkyl carbamates (subject to hydrolysis) is 1. The fourth-order valence-corrected chi connectivity index (χ4v) is 10.4. The Balaban J connectivity index is 0.00000452. The monoisotopic (exact) mass is 1030 g/mol. The maximum absolute atomic E-state index is 13.8. The number of carboxylic acids is 2. The van der Waals surface area contributed by atoms with Crippen LogP contribution in [0.2, 0.25) is 0 Å². The quantitative estimate of drug-likeness (QED) is 0.0397. The van der Waals surface area contributed by atoms with E-state index in [1.54, 1.807) is 19.1 Å². The van der Waals surface area contributed by atoms with E-state index in [2.05, 4.69) is 45.9 Å². The lowest BCUT2D eigenvalue weighted by atomic mass is 9.64. The Morgan fingerprint density at radius 3 is 2.25 bits per heavy atom. The molecule has 2 aliphatic carbocycles. The number of H-pyrrole nitrogens is 2. The summed E-state index contributed by atoms with van der Waals surface area (Å²) in [5.41, 5.74) is 8.24. The van der Waals surface area contributed by atoms with Crippen LogP contribution >= 0.6 is 0 Å². The van der Waals surface area contributed by atoms with Crippen molar-refractivity contribution in [3.63, 3.8) is 0 Å². The lowest BCUT2D eigenvalue weighted by Gasteiger charge is -2.36. The summed E-state index contributed by atoms with van der Waals surface area (Å²) in [6, 6.07) is 7.50. The van der Waals surface area contributed by atoms with E-state index in [9.17, 15) is 34.2 Å². The van der Waals surface area contributed by atoms with Gasteiger partial charge in [-0.25, -0.2) is 14.6 Å². The van der Waals surface area contributed by atoms with Gasteiger partial charge in [0.15, 0.2) is 0 Å². The van der Waals surface area contributed by atoms with Crippen LogP contribution in [0.25, 0.3) is 44.9 Å². The number of aryl methyl sites for hydroxylation is 3. The molecule has 0 saturated heterocycles. The van der Waals surface area contributed by atoms with Crippen LogP contribution in [0.15, 0.2) is 48.6 Å². The molecular weight excluding hydrogens is 953 g/mol. The number of carbonyl (C=O) groups is 5. The SMILES string of the molecule is C=Cc1c(C)c2cc3nc(cc4[nH]c(cc5nc(cc1[nH]2)C(C)=C5CCC(=O)O)c(CCC(=O)NC(C)(C)CCOCCNC(=O)OCC1CCC#CCCC1C)c4C)C1(C)C3=CC=C(C(=O)O)C1C(=O)OC.CC. The van der Waals surface area contributed by atoms with Crippen LogP contribution in [-0.4, -0.2) is 99.1 Å². The Morgan fingerprint density at radius 2 is 1.56 bits per heavy atom. The molecule has 16 heteroatoms. The number of nitrogens with zero attached hydrogens (tertiary/aromatic N) is 2. The number of hydrogen-bond donors (Lipinski definition) is 6. The van der Waals surface area contributed by atoms with Crippen molar-refractivity contribution in [3.8, 4) is 11.8 Å². The van der Waals surface area contributed by atoms with E-state index in [0.29, 0.717) is 82.4 Å². The minimum absolute atomic E-state index is 0.106. The van der Waals surface area contributed by atoms with Crippen molar-refractivity contribution in [1.29, 1.82) is 0 Å². The van der Waals surface area contributed by atoms with Crippen LogP contribution in [-0.2, 0) is 45.2 Å². The Kier molecular flexibility index (Phi) is 18.9. The van der Waals surface area contributed by atoms with Gasteiger partial charge in [-0.05, 0) is 143 Å². The smallest absolute Gasteiger partial charge is 0.407 e. The molecule has 0 saturated carbocycles. The van der Waals surface area contributed by atoms with Crippen molar-refractivity contribution in [3.05, 3.63) is 93.6 Å². The van der Waals surface area contributed by atoms with Crippen molar-refractivity contribution < 1.29 is 48.4 Å². The van der Waals surface area contributed by atoms with E-state index in [1.165, 1.54) is 13.2 Å². The molecule has 4 aliphatic rings. The average Bonchev–Trinajstić information content (AvgIpc) is 4.02. The number of rotatable bonds is 18. The summed E-state index contributed by atoms with van der Waals surface area (Å²) < 4.78 is 16.6. The fraction of sp³-hybridized carbons (Fsp3) is 0.475. The number of methoxy groups -OCH3 is 1. The lowest BCUT2D eigenvalue weighted by Crippen LogP contribution is -2.44. The second-order valence-corrected chi connectivity index (χ2v) is 20.2. The molecule has 0 spiro atoms. The van der Waals surface area contributed by atoms with Crippen LogP contribution in [0.4, 0.5) is 4.79 Å². The number of aliphatic carboxylic acids is 2. The largest absolute Gasteiger partial charge is 0.481 e. The molecular formula is C59H74N6O10. The van der Waals surface area contributed by atoms with Gasteiger partial charge in [0, 0.05) is 72.0 Å². The zero-order valence-corrected chi connectivity index (χ0v) is 45.2. The summed E-state index contributed by atoms with van der Waals surface area (Å²) in [6.07, 6.45) is 9.01. The van der Waals surface area contributed by atoms with Gasteiger partial charge >= 0.3 is 24.0 Å². The zero-order chi connectivity index (χ0) is 54.8. The summed E-state index contributed by atoms with van der Waals surface area (Å²) in [4.78, 5) is 82.1. The minimum Gasteiger partial charge on any atom is -0.481 e. The molecule has 0 aromatic carbocycles. The van der Waals surface area contributed by atoms with Gasteiger partial charge in [-0.3, -0.25) is 19.4 Å². The molecule has 0 fully saturated rings. The third-order valence-corrected chi connectivity index (χ3v) is 14.9. The van der Waals surface area contributed by atoms with Gasteiger partial charge in [-0.1, -0.05) is 45.6 Å². The third kappa shape index (κ3) is 13.0. The molecule has 3 aromatic heterocycles. The van der Waals surface area contributed by atoms with Crippen molar-refractivity contribution in [2.75, 3.05) is 33.5 Å². The molecule has 8 bridgehead atoms. The Hall–Kier alpha value is -7.25. The first-order valence-corrected chi connectivity index (χ1v) is 26.0. The van der Waals surface area contributed by atoms with Crippen LogP contribution < -0.4 is 10.6 Å². The molecule has 75 heavy (non-hydrogen) atoms. The van der Waals surface area contributed by atoms with E-state index in [-0.39, 0.29) is 49.8 Å². The van der Waals surface area contributed by atoms with Crippen LogP contribution in [0.1, 0.15) is 145 Å². The number of carbonyl (C=O) groups excluding carboxylic acids is 3. The number of hydrogen-bond acceptors (Lipinski definition) is 10. The first kappa shape index (κ1) is 57.0.